The third-order valence-electron chi connectivity index (χ3n) is 2.04. The molecule has 0 bridgehead atoms. The van der Waals surface area contributed by atoms with Crippen molar-refractivity contribution in [2.75, 3.05) is 13.2 Å². The second-order valence-electron chi connectivity index (χ2n) is 3.12. The average Bonchev–Trinajstić information content (AvgIpc) is 2.24. The van der Waals surface area contributed by atoms with Crippen LogP contribution in [0.2, 0.25) is 5.02 Å². The topological polar surface area (TPSA) is 76.2 Å². The van der Waals surface area contributed by atoms with Gasteiger partial charge in [-0.2, -0.15) is 0 Å². The SMILES string of the molecule is N=[C]COCCc1cccc(Cl)c1C(N)=O. The van der Waals surface area contributed by atoms with Gasteiger partial charge < -0.3 is 15.9 Å². The van der Waals surface area contributed by atoms with Gasteiger partial charge in [-0.3, -0.25) is 4.79 Å². The van der Waals surface area contributed by atoms with Crippen LogP contribution in [0.5, 0.6) is 0 Å². The van der Waals surface area contributed by atoms with Gasteiger partial charge in [0.25, 0.3) is 0 Å². The first-order chi connectivity index (χ1) is 7.66. The van der Waals surface area contributed by atoms with Crippen LogP contribution in [-0.2, 0) is 11.2 Å². The van der Waals surface area contributed by atoms with Crippen LogP contribution in [0, 0.1) is 5.41 Å². The lowest BCUT2D eigenvalue weighted by atomic mass is 10.0. The standard InChI is InChI=1S/C11H12ClN2O2/c12-9-3-1-2-8(10(9)11(14)15)4-6-16-7-5-13/h1-3,13H,4,6-7H2,(H2,14,15). The Balaban J connectivity index is 2.75. The van der Waals surface area contributed by atoms with Crippen molar-refractivity contribution in [3.8, 4) is 0 Å². The van der Waals surface area contributed by atoms with Crippen LogP contribution < -0.4 is 5.73 Å². The molecule has 0 aliphatic heterocycles. The van der Waals surface area contributed by atoms with Crippen LogP contribution in [0.25, 0.3) is 0 Å². The van der Waals surface area contributed by atoms with E-state index in [1.165, 1.54) is 0 Å². The Labute approximate surface area is 98.9 Å². The number of amides is 1. The first-order valence-electron chi connectivity index (χ1n) is 4.71. The second-order valence-corrected chi connectivity index (χ2v) is 3.52. The van der Waals surface area contributed by atoms with Crippen molar-refractivity contribution in [1.82, 2.24) is 0 Å². The zero-order valence-electron chi connectivity index (χ0n) is 8.63. The predicted octanol–water partition coefficient (Wildman–Crippen LogP) is 1.52. The molecule has 0 aliphatic rings. The smallest absolute Gasteiger partial charge is 0.250 e. The van der Waals surface area contributed by atoms with E-state index in [1.54, 1.807) is 18.2 Å². The van der Waals surface area contributed by atoms with Crippen molar-refractivity contribution in [3.63, 3.8) is 0 Å². The summed E-state index contributed by atoms with van der Waals surface area (Å²) in [6, 6.07) is 5.16. The fourth-order valence-corrected chi connectivity index (χ4v) is 1.65. The summed E-state index contributed by atoms with van der Waals surface area (Å²) in [5, 5.41) is 7.01. The molecule has 16 heavy (non-hydrogen) atoms. The van der Waals surface area contributed by atoms with Crippen LogP contribution in [0.4, 0.5) is 0 Å². The molecule has 5 heteroatoms. The van der Waals surface area contributed by atoms with E-state index >= 15 is 0 Å². The molecular weight excluding hydrogens is 228 g/mol. The molecule has 0 spiro atoms. The molecule has 1 aromatic rings. The number of carbonyl (C=O) groups is 1. The van der Waals surface area contributed by atoms with E-state index in [1.807, 2.05) is 0 Å². The third-order valence-corrected chi connectivity index (χ3v) is 2.35. The molecule has 1 rings (SSSR count). The molecule has 0 fully saturated rings. The van der Waals surface area contributed by atoms with Gasteiger partial charge in [-0.15, -0.1) is 0 Å². The number of nitrogens with two attached hydrogens (primary N) is 1. The lowest BCUT2D eigenvalue weighted by Gasteiger charge is -2.08. The number of benzene rings is 1. The molecule has 1 radical (unpaired) electrons. The van der Waals surface area contributed by atoms with E-state index in [2.05, 4.69) is 6.21 Å². The Morgan fingerprint density at radius 2 is 2.31 bits per heavy atom. The fourth-order valence-electron chi connectivity index (χ4n) is 1.36. The molecule has 0 saturated carbocycles. The van der Waals surface area contributed by atoms with E-state index < -0.39 is 5.91 Å². The fraction of sp³-hybridized carbons (Fsp3) is 0.273. The molecule has 4 nitrogen and oxygen atoms in total. The van der Waals surface area contributed by atoms with Gasteiger partial charge in [0.05, 0.1) is 30.0 Å². The number of hydrogen-bond donors (Lipinski definition) is 2. The first-order valence-corrected chi connectivity index (χ1v) is 5.09. The minimum absolute atomic E-state index is 0.145. The number of ether oxygens (including phenoxy) is 1. The van der Waals surface area contributed by atoms with E-state index in [0.717, 1.165) is 5.56 Å². The van der Waals surface area contributed by atoms with Crippen molar-refractivity contribution in [2.24, 2.45) is 5.73 Å². The van der Waals surface area contributed by atoms with Crippen LogP contribution in [0.1, 0.15) is 15.9 Å². The number of nitrogens with one attached hydrogen (secondary N) is 1. The summed E-state index contributed by atoms with van der Waals surface area (Å²) < 4.78 is 5.07. The van der Waals surface area contributed by atoms with Crippen molar-refractivity contribution in [1.29, 1.82) is 5.41 Å². The minimum atomic E-state index is -0.542. The first kappa shape index (κ1) is 12.7. The Morgan fingerprint density at radius 1 is 1.56 bits per heavy atom. The molecule has 0 aliphatic carbocycles. The molecule has 85 valence electrons. The van der Waals surface area contributed by atoms with Crippen LogP contribution in [-0.4, -0.2) is 25.3 Å². The van der Waals surface area contributed by atoms with Crippen molar-refractivity contribution < 1.29 is 9.53 Å². The lowest BCUT2D eigenvalue weighted by Crippen LogP contribution is -2.15. The number of halogens is 1. The van der Waals surface area contributed by atoms with Crippen molar-refractivity contribution in [3.05, 3.63) is 34.3 Å². The summed E-state index contributed by atoms with van der Waals surface area (Å²) in [4.78, 5) is 11.2. The third kappa shape index (κ3) is 3.32. The molecule has 1 amide bonds. The van der Waals surface area contributed by atoms with Gasteiger partial charge in [0.2, 0.25) is 5.91 Å². The van der Waals surface area contributed by atoms with Gasteiger partial charge in [-0.25, -0.2) is 0 Å². The van der Waals surface area contributed by atoms with Crippen LogP contribution >= 0.6 is 11.6 Å². The van der Waals surface area contributed by atoms with Crippen molar-refractivity contribution in [2.45, 2.75) is 6.42 Å². The highest BCUT2D eigenvalue weighted by Gasteiger charge is 2.11. The molecule has 0 saturated heterocycles. The van der Waals surface area contributed by atoms with E-state index in [9.17, 15) is 4.79 Å². The summed E-state index contributed by atoms with van der Waals surface area (Å²) in [5.41, 5.74) is 6.33. The van der Waals surface area contributed by atoms with E-state index in [-0.39, 0.29) is 6.61 Å². The van der Waals surface area contributed by atoms with E-state index in [4.69, 9.17) is 27.5 Å². The minimum Gasteiger partial charge on any atom is -0.375 e. The maximum absolute atomic E-state index is 11.2. The highest BCUT2D eigenvalue weighted by Crippen LogP contribution is 2.19. The number of hydrogen-bond acceptors (Lipinski definition) is 3. The number of primary amides is 1. The van der Waals surface area contributed by atoms with Crippen LogP contribution in [0.15, 0.2) is 18.2 Å². The summed E-state index contributed by atoms with van der Waals surface area (Å²) in [5.74, 6) is -0.542. The lowest BCUT2D eigenvalue weighted by molar-refractivity contribution is 0.0999. The van der Waals surface area contributed by atoms with Gasteiger partial charge in [0.1, 0.15) is 0 Å². The Hall–Kier alpha value is -1.39. The monoisotopic (exact) mass is 239 g/mol. The number of rotatable bonds is 6. The molecule has 3 N–H and O–H groups in total. The second kappa shape index (κ2) is 6.25. The van der Waals surface area contributed by atoms with Gasteiger partial charge >= 0.3 is 0 Å². The zero-order chi connectivity index (χ0) is 12.0. The highest BCUT2D eigenvalue weighted by atomic mass is 35.5. The van der Waals surface area contributed by atoms with Gasteiger partial charge in [0.15, 0.2) is 0 Å². The normalized spacial score (nSPS) is 10.1. The van der Waals surface area contributed by atoms with Crippen LogP contribution in [0.3, 0.4) is 0 Å². The molecule has 0 atom stereocenters. The summed E-state index contributed by atoms with van der Waals surface area (Å²) in [6.45, 7) is 0.541. The zero-order valence-corrected chi connectivity index (χ0v) is 9.38. The summed E-state index contributed by atoms with van der Waals surface area (Å²) in [7, 11) is 0. The molecular formula is C11H12ClN2O2. The maximum atomic E-state index is 11.2. The number of carbonyl (C=O) groups excluding carboxylic acids is 1. The largest absolute Gasteiger partial charge is 0.375 e. The quantitative estimate of drug-likeness (QED) is 0.583. The average molecular weight is 240 g/mol. The molecule has 1 aromatic carbocycles. The van der Waals surface area contributed by atoms with Gasteiger partial charge in [-0.05, 0) is 18.1 Å². The Kier molecular flexibility index (Phi) is 4.95. The van der Waals surface area contributed by atoms with Gasteiger partial charge in [0, 0.05) is 0 Å². The summed E-state index contributed by atoms with van der Waals surface area (Å²) in [6.07, 6.45) is 2.64. The van der Waals surface area contributed by atoms with Crippen molar-refractivity contribution >= 4 is 23.7 Å². The molecule has 0 unspecified atom stereocenters. The Bertz CT molecular complexity index is 394. The predicted molar refractivity (Wildman–Crippen MR) is 62.2 cm³/mol. The maximum Gasteiger partial charge on any atom is 0.250 e. The summed E-state index contributed by atoms with van der Waals surface area (Å²) >= 11 is 5.88. The van der Waals surface area contributed by atoms with E-state index in [0.29, 0.717) is 23.6 Å². The molecule has 0 aromatic heterocycles. The van der Waals surface area contributed by atoms with Gasteiger partial charge in [-0.1, -0.05) is 23.7 Å². The highest BCUT2D eigenvalue weighted by molar-refractivity contribution is 6.34. The Morgan fingerprint density at radius 3 is 2.94 bits per heavy atom. The molecule has 0 heterocycles.